The van der Waals surface area contributed by atoms with E-state index in [0.717, 1.165) is 17.9 Å². The molecule has 1 heterocycles. The van der Waals surface area contributed by atoms with Crippen LogP contribution in [-0.2, 0) is 0 Å². The maximum atomic E-state index is 13.7. The van der Waals surface area contributed by atoms with E-state index in [9.17, 15) is 8.78 Å². The lowest BCUT2D eigenvalue weighted by Crippen LogP contribution is -2.41. The molecule has 19 heavy (non-hydrogen) atoms. The molecular weight excluding hydrogens is 264 g/mol. The Bertz CT molecular complexity index is 428. The fourth-order valence-corrected chi connectivity index (χ4v) is 4.02. The van der Waals surface area contributed by atoms with Crippen LogP contribution in [0.2, 0.25) is 0 Å². The summed E-state index contributed by atoms with van der Waals surface area (Å²) in [6.45, 7) is 6.30. The highest BCUT2D eigenvalue weighted by atomic mass is 32.2. The van der Waals surface area contributed by atoms with Gasteiger partial charge in [0.2, 0.25) is 0 Å². The van der Waals surface area contributed by atoms with Crippen LogP contribution in [0.25, 0.3) is 0 Å². The molecule has 1 saturated heterocycles. The van der Waals surface area contributed by atoms with Gasteiger partial charge in [0.15, 0.2) is 0 Å². The number of thioether (sulfide) groups is 1. The summed E-state index contributed by atoms with van der Waals surface area (Å²) >= 11 is 1.91. The molecule has 2 atom stereocenters. The van der Waals surface area contributed by atoms with Crippen molar-refractivity contribution in [3.8, 4) is 0 Å². The fraction of sp³-hybridized carbons (Fsp3) is 0.600. The molecule has 1 aliphatic heterocycles. The maximum Gasteiger partial charge on any atom is 0.130 e. The zero-order valence-corrected chi connectivity index (χ0v) is 12.5. The zero-order valence-electron chi connectivity index (χ0n) is 11.7. The topological polar surface area (TPSA) is 12.0 Å². The third kappa shape index (κ3) is 3.69. The minimum atomic E-state index is -0.470. The molecule has 0 aliphatic carbocycles. The summed E-state index contributed by atoms with van der Waals surface area (Å²) in [7, 11) is 0. The Kier molecular flexibility index (Phi) is 4.51. The highest BCUT2D eigenvalue weighted by Gasteiger charge is 2.30. The van der Waals surface area contributed by atoms with Crippen LogP contribution < -0.4 is 5.32 Å². The van der Waals surface area contributed by atoms with Crippen LogP contribution in [-0.4, -0.2) is 17.5 Å². The number of halogens is 2. The van der Waals surface area contributed by atoms with Crippen molar-refractivity contribution in [2.45, 2.75) is 39.3 Å². The number of rotatable bonds is 3. The molecule has 0 radical (unpaired) electrons. The van der Waals surface area contributed by atoms with Crippen molar-refractivity contribution < 1.29 is 8.78 Å². The third-order valence-corrected chi connectivity index (χ3v) is 5.15. The van der Waals surface area contributed by atoms with Gasteiger partial charge in [-0.1, -0.05) is 19.9 Å². The zero-order chi connectivity index (χ0) is 14.0. The van der Waals surface area contributed by atoms with Gasteiger partial charge in [0.1, 0.15) is 11.6 Å². The van der Waals surface area contributed by atoms with Crippen LogP contribution >= 0.6 is 11.8 Å². The van der Waals surface area contributed by atoms with E-state index < -0.39 is 11.6 Å². The molecule has 1 aromatic rings. The van der Waals surface area contributed by atoms with Crippen LogP contribution in [0.5, 0.6) is 0 Å². The van der Waals surface area contributed by atoms with Crippen molar-refractivity contribution in [2.24, 2.45) is 5.41 Å². The molecule has 0 bridgehead atoms. The van der Waals surface area contributed by atoms with Gasteiger partial charge in [0.25, 0.3) is 0 Å². The molecule has 1 nitrogen and oxygen atoms in total. The smallest absolute Gasteiger partial charge is 0.130 e. The quantitative estimate of drug-likeness (QED) is 0.895. The molecule has 2 unspecified atom stereocenters. The van der Waals surface area contributed by atoms with E-state index in [4.69, 9.17) is 0 Å². The van der Waals surface area contributed by atoms with Crippen LogP contribution in [0, 0.1) is 17.0 Å². The van der Waals surface area contributed by atoms with Crippen molar-refractivity contribution >= 4 is 11.8 Å². The van der Waals surface area contributed by atoms with Gasteiger partial charge in [-0.3, -0.25) is 0 Å². The fourth-order valence-electron chi connectivity index (χ4n) is 2.73. The van der Waals surface area contributed by atoms with E-state index >= 15 is 0 Å². The van der Waals surface area contributed by atoms with Crippen LogP contribution in [0.15, 0.2) is 18.2 Å². The van der Waals surface area contributed by atoms with Gasteiger partial charge in [-0.15, -0.1) is 0 Å². The Morgan fingerprint density at radius 2 is 1.95 bits per heavy atom. The summed E-state index contributed by atoms with van der Waals surface area (Å²) in [6.07, 6.45) is 1.04. The minimum Gasteiger partial charge on any atom is -0.306 e. The molecule has 0 spiro atoms. The van der Waals surface area contributed by atoms with Crippen molar-refractivity contribution in [3.63, 3.8) is 0 Å². The normalized spacial score (nSPS) is 24.2. The van der Waals surface area contributed by atoms with E-state index in [-0.39, 0.29) is 17.0 Å². The third-order valence-electron chi connectivity index (χ3n) is 3.53. The van der Waals surface area contributed by atoms with Crippen LogP contribution in [0.3, 0.4) is 0 Å². The average Bonchev–Trinajstić information content (AvgIpc) is 2.27. The SMILES string of the molecule is CC(NC1CSCC(C)(C)C1)c1c(F)cccc1F. The molecule has 0 amide bonds. The number of hydrogen-bond donors (Lipinski definition) is 1. The van der Waals surface area contributed by atoms with E-state index in [1.54, 1.807) is 0 Å². The molecule has 0 saturated carbocycles. The second kappa shape index (κ2) is 5.80. The summed E-state index contributed by atoms with van der Waals surface area (Å²) in [5.74, 6) is 1.21. The Labute approximate surface area is 118 Å². The van der Waals surface area contributed by atoms with Gasteiger partial charge in [-0.05, 0) is 36.6 Å². The Morgan fingerprint density at radius 1 is 1.32 bits per heavy atom. The summed E-state index contributed by atoms with van der Waals surface area (Å²) < 4.78 is 27.4. The van der Waals surface area contributed by atoms with Crippen LogP contribution in [0.4, 0.5) is 8.78 Å². The Hall–Kier alpha value is -0.610. The summed E-state index contributed by atoms with van der Waals surface area (Å²) in [6, 6.07) is 4.04. The standard InChI is InChI=1S/C15H21F2NS/c1-10(14-12(16)5-4-6-13(14)17)18-11-7-15(2,3)9-19-8-11/h4-6,10-11,18H,7-9H2,1-3H3. The average molecular weight is 285 g/mol. The van der Waals surface area contributed by atoms with E-state index in [1.165, 1.54) is 18.2 Å². The molecule has 4 heteroatoms. The van der Waals surface area contributed by atoms with Crippen molar-refractivity contribution in [3.05, 3.63) is 35.4 Å². The lowest BCUT2D eigenvalue weighted by molar-refractivity contribution is 0.301. The van der Waals surface area contributed by atoms with Gasteiger partial charge < -0.3 is 5.32 Å². The molecule has 0 aromatic heterocycles. The van der Waals surface area contributed by atoms with Crippen molar-refractivity contribution in [1.29, 1.82) is 0 Å². The van der Waals surface area contributed by atoms with Crippen LogP contribution in [0.1, 0.15) is 38.8 Å². The first kappa shape index (κ1) is 14.8. The van der Waals surface area contributed by atoms with Gasteiger partial charge in [0.05, 0.1) is 0 Å². The molecule has 1 aromatic carbocycles. The van der Waals surface area contributed by atoms with E-state index in [2.05, 4.69) is 19.2 Å². The van der Waals surface area contributed by atoms with Gasteiger partial charge in [-0.25, -0.2) is 8.78 Å². The monoisotopic (exact) mass is 285 g/mol. The molecule has 2 rings (SSSR count). The molecule has 1 N–H and O–H groups in total. The summed E-state index contributed by atoms with van der Waals surface area (Å²) in [5, 5.41) is 3.37. The first-order valence-corrected chi connectivity index (χ1v) is 7.82. The largest absolute Gasteiger partial charge is 0.306 e. The van der Waals surface area contributed by atoms with E-state index in [1.807, 2.05) is 18.7 Å². The first-order valence-electron chi connectivity index (χ1n) is 6.67. The Morgan fingerprint density at radius 3 is 2.53 bits per heavy atom. The van der Waals surface area contributed by atoms with Gasteiger partial charge >= 0.3 is 0 Å². The van der Waals surface area contributed by atoms with Gasteiger partial charge in [-0.2, -0.15) is 11.8 Å². The Balaban J connectivity index is 2.07. The molecule has 106 valence electrons. The number of benzene rings is 1. The molecule has 1 aliphatic rings. The minimum absolute atomic E-state index is 0.149. The van der Waals surface area contributed by atoms with Crippen molar-refractivity contribution in [2.75, 3.05) is 11.5 Å². The highest BCUT2D eigenvalue weighted by molar-refractivity contribution is 7.99. The second-order valence-corrected chi connectivity index (χ2v) is 7.13. The molecule has 1 fully saturated rings. The van der Waals surface area contributed by atoms with E-state index in [0.29, 0.717) is 6.04 Å². The number of nitrogens with one attached hydrogen (secondary N) is 1. The highest BCUT2D eigenvalue weighted by Crippen LogP contribution is 2.34. The first-order chi connectivity index (χ1) is 8.89. The predicted molar refractivity (Wildman–Crippen MR) is 77.4 cm³/mol. The molecular formula is C15H21F2NS. The van der Waals surface area contributed by atoms with Gasteiger partial charge in [0, 0.05) is 23.4 Å². The lowest BCUT2D eigenvalue weighted by atomic mass is 9.87. The summed E-state index contributed by atoms with van der Waals surface area (Å²) in [4.78, 5) is 0. The maximum absolute atomic E-state index is 13.7. The van der Waals surface area contributed by atoms with Crippen molar-refractivity contribution in [1.82, 2.24) is 5.32 Å². The number of hydrogen-bond acceptors (Lipinski definition) is 2. The second-order valence-electron chi connectivity index (χ2n) is 6.10. The summed E-state index contributed by atoms with van der Waals surface area (Å²) in [5.41, 5.74) is 0.435. The lowest BCUT2D eigenvalue weighted by Gasteiger charge is -2.36. The predicted octanol–water partition coefficient (Wildman–Crippen LogP) is 4.15.